The number of nitrogens with zero attached hydrogens (tertiary/aromatic N) is 1. The van der Waals surface area contributed by atoms with Crippen LogP contribution in [-0.2, 0) is 9.47 Å². The molecule has 0 spiro atoms. The summed E-state index contributed by atoms with van der Waals surface area (Å²) < 4.78 is 10.3. The first-order valence-corrected chi connectivity index (χ1v) is 8.25. The number of carbonyl (C=O) groups is 2. The normalized spacial score (nSPS) is 12.7. The number of carbonyl (C=O) groups excluding carboxylic acids is 2. The van der Waals surface area contributed by atoms with Crippen molar-refractivity contribution < 1.29 is 19.1 Å². The van der Waals surface area contributed by atoms with Crippen molar-refractivity contribution in [2.45, 2.75) is 53.2 Å². The fourth-order valence-electron chi connectivity index (χ4n) is 2.06. The number of amides is 1. The smallest absolute Gasteiger partial charge is 0.408 e. The number of alkyl carbamates (subject to hydrolysis) is 1. The molecule has 1 aromatic heterocycles. The van der Waals surface area contributed by atoms with E-state index in [1.165, 1.54) is 12.3 Å². The molecule has 0 saturated heterocycles. The van der Waals surface area contributed by atoms with Gasteiger partial charge in [0.25, 0.3) is 0 Å². The number of ether oxygens (including phenoxy) is 2. The Morgan fingerprint density at radius 1 is 1.33 bits per heavy atom. The maximum atomic E-state index is 12.2. The van der Waals surface area contributed by atoms with Gasteiger partial charge in [0.1, 0.15) is 5.60 Å². The monoisotopic (exact) mass is 356 g/mol. The van der Waals surface area contributed by atoms with Crippen LogP contribution in [0.3, 0.4) is 0 Å². The highest BCUT2D eigenvalue weighted by Gasteiger charge is 2.28. The summed E-state index contributed by atoms with van der Waals surface area (Å²) in [5, 5.41) is 3.09. The molecule has 134 valence electrons. The zero-order chi connectivity index (χ0) is 18.5. The molecule has 0 aliphatic rings. The van der Waals surface area contributed by atoms with Crippen molar-refractivity contribution in [1.29, 1.82) is 0 Å². The molecule has 24 heavy (non-hydrogen) atoms. The van der Waals surface area contributed by atoms with Gasteiger partial charge in [-0.1, -0.05) is 25.4 Å². The van der Waals surface area contributed by atoms with Crippen LogP contribution in [0.25, 0.3) is 0 Å². The van der Waals surface area contributed by atoms with Crippen LogP contribution in [-0.4, -0.2) is 29.3 Å². The van der Waals surface area contributed by atoms with E-state index < -0.39 is 23.7 Å². The number of aromatic nitrogens is 1. The fraction of sp³-hybridized carbons (Fsp3) is 0.588. The van der Waals surface area contributed by atoms with Crippen molar-refractivity contribution in [2.75, 3.05) is 6.61 Å². The molecule has 1 rings (SSSR count). The second-order valence-electron chi connectivity index (χ2n) is 6.67. The van der Waals surface area contributed by atoms with Gasteiger partial charge in [0.15, 0.2) is 0 Å². The van der Waals surface area contributed by atoms with Crippen LogP contribution in [0.15, 0.2) is 12.3 Å². The lowest BCUT2D eigenvalue weighted by Gasteiger charge is -2.26. The number of hydrogen-bond acceptors (Lipinski definition) is 5. The maximum Gasteiger partial charge on any atom is 0.408 e. The predicted octanol–water partition coefficient (Wildman–Crippen LogP) is 4.13. The summed E-state index contributed by atoms with van der Waals surface area (Å²) in [6.45, 7) is 11.1. The minimum Gasteiger partial charge on any atom is -0.462 e. The van der Waals surface area contributed by atoms with Crippen LogP contribution in [0.1, 0.15) is 63.6 Å². The maximum absolute atomic E-state index is 12.2. The third-order valence-electron chi connectivity index (χ3n) is 3.01. The number of rotatable bonds is 5. The van der Waals surface area contributed by atoms with Crippen molar-refractivity contribution in [3.8, 4) is 0 Å². The Balaban J connectivity index is 3.17. The first-order valence-electron chi connectivity index (χ1n) is 7.87. The van der Waals surface area contributed by atoms with Gasteiger partial charge >= 0.3 is 12.1 Å². The van der Waals surface area contributed by atoms with Crippen LogP contribution in [0.2, 0.25) is 5.02 Å². The lowest BCUT2D eigenvalue weighted by Crippen LogP contribution is -2.37. The van der Waals surface area contributed by atoms with Gasteiger partial charge in [0.05, 0.1) is 28.9 Å². The van der Waals surface area contributed by atoms with Gasteiger partial charge in [-0.25, -0.2) is 9.59 Å². The third-order valence-corrected chi connectivity index (χ3v) is 3.22. The quantitative estimate of drug-likeness (QED) is 0.802. The van der Waals surface area contributed by atoms with Gasteiger partial charge in [-0.05, 0) is 39.7 Å². The minimum atomic E-state index is -0.622. The largest absolute Gasteiger partial charge is 0.462 e. The Hall–Kier alpha value is -1.82. The molecule has 0 saturated carbocycles. The zero-order valence-corrected chi connectivity index (χ0v) is 15.7. The fourth-order valence-corrected chi connectivity index (χ4v) is 2.21. The first kappa shape index (κ1) is 20.2. The second-order valence-corrected chi connectivity index (χ2v) is 7.11. The van der Waals surface area contributed by atoms with Crippen LogP contribution in [0, 0.1) is 5.92 Å². The Morgan fingerprint density at radius 3 is 2.46 bits per heavy atom. The predicted molar refractivity (Wildman–Crippen MR) is 92.2 cm³/mol. The third kappa shape index (κ3) is 6.00. The van der Waals surface area contributed by atoms with E-state index in [1.807, 2.05) is 13.8 Å². The second kappa shape index (κ2) is 8.33. The van der Waals surface area contributed by atoms with E-state index in [2.05, 4.69) is 10.3 Å². The molecule has 1 N–H and O–H groups in total. The summed E-state index contributed by atoms with van der Waals surface area (Å²) in [6, 6.07) is 0.977. The topological polar surface area (TPSA) is 77.5 Å². The molecule has 1 heterocycles. The van der Waals surface area contributed by atoms with Crippen molar-refractivity contribution >= 4 is 23.7 Å². The molecule has 1 aromatic rings. The Morgan fingerprint density at radius 2 is 1.96 bits per heavy atom. The molecule has 7 heteroatoms. The molecule has 0 radical (unpaired) electrons. The molecule has 0 unspecified atom stereocenters. The molecule has 0 aliphatic carbocycles. The van der Waals surface area contributed by atoms with E-state index in [9.17, 15) is 9.59 Å². The molecule has 1 amide bonds. The van der Waals surface area contributed by atoms with E-state index >= 15 is 0 Å². The van der Waals surface area contributed by atoms with Gasteiger partial charge in [-0.2, -0.15) is 0 Å². The molecule has 0 fully saturated rings. The van der Waals surface area contributed by atoms with E-state index in [4.69, 9.17) is 21.1 Å². The summed E-state index contributed by atoms with van der Waals surface area (Å²) in [5.74, 6) is -0.557. The van der Waals surface area contributed by atoms with E-state index in [-0.39, 0.29) is 18.1 Å². The molecule has 0 aromatic carbocycles. The summed E-state index contributed by atoms with van der Waals surface area (Å²) in [4.78, 5) is 28.6. The van der Waals surface area contributed by atoms with Crippen molar-refractivity contribution in [1.82, 2.24) is 10.3 Å². The number of nitrogens with one attached hydrogen (secondary N) is 1. The SMILES string of the molecule is CCOC(=O)c1cc(Cl)cnc1[C@@H](NC(=O)OC(C)(C)C)C(C)C. The summed E-state index contributed by atoms with van der Waals surface area (Å²) in [5.41, 5.74) is 0.0149. The van der Waals surface area contributed by atoms with E-state index in [1.54, 1.807) is 27.7 Å². The van der Waals surface area contributed by atoms with Crippen LogP contribution < -0.4 is 5.32 Å². The summed E-state index contributed by atoms with van der Waals surface area (Å²) in [6.07, 6.45) is 0.860. The lowest BCUT2D eigenvalue weighted by atomic mass is 9.97. The highest BCUT2D eigenvalue weighted by molar-refractivity contribution is 6.30. The van der Waals surface area contributed by atoms with Crippen LogP contribution >= 0.6 is 11.6 Å². The van der Waals surface area contributed by atoms with Crippen LogP contribution in [0.5, 0.6) is 0 Å². The Kier molecular flexibility index (Phi) is 7.02. The number of halogens is 1. The highest BCUT2D eigenvalue weighted by Crippen LogP contribution is 2.26. The molecular weight excluding hydrogens is 332 g/mol. The average Bonchev–Trinajstić information content (AvgIpc) is 2.43. The zero-order valence-electron chi connectivity index (χ0n) is 15.0. The minimum absolute atomic E-state index is 0.0284. The standard InChI is InChI=1S/C17H25ClN2O4/c1-7-23-15(21)12-8-11(18)9-19-14(12)13(10(2)3)20-16(22)24-17(4,5)6/h8-10,13H,7H2,1-6H3,(H,20,22)/t13-/m0/s1. The van der Waals surface area contributed by atoms with Gasteiger partial charge in [-0.15, -0.1) is 0 Å². The van der Waals surface area contributed by atoms with E-state index in [0.29, 0.717) is 10.7 Å². The summed E-state index contributed by atoms with van der Waals surface area (Å²) in [7, 11) is 0. The molecular formula is C17H25ClN2O4. The van der Waals surface area contributed by atoms with Crippen LogP contribution in [0.4, 0.5) is 4.79 Å². The number of esters is 1. The number of pyridine rings is 1. The van der Waals surface area contributed by atoms with Gasteiger partial charge in [0, 0.05) is 6.20 Å². The highest BCUT2D eigenvalue weighted by atomic mass is 35.5. The summed E-state index contributed by atoms with van der Waals surface area (Å²) >= 11 is 5.96. The van der Waals surface area contributed by atoms with Crippen molar-refractivity contribution in [2.24, 2.45) is 5.92 Å². The molecule has 1 atom stereocenters. The van der Waals surface area contributed by atoms with Gasteiger partial charge in [-0.3, -0.25) is 4.98 Å². The van der Waals surface area contributed by atoms with Crippen molar-refractivity contribution in [3.63, 3.8) is 0 Å². The average molecular weight is 357 g/mol. The molecule has 0 bridgehead atoms. The first-order chi connectivity index (χ1) is 11.0. The van der Waals surface area contributed by atoms with E-state index in [0.717, 1.165) is 0 Å². The van der Waals surface area contributed by atoms with Gasteiger partial charge in [0.2, 0.25) is 0 Å². The van der Waals surface area contributed by atoms with Crippen molar-refractivity contribution in [3.05, 3.63) is 28.5 Å². The molecule has 6 nitrogen and oxygen atoms in total. The van der Waals surface area contributed by atoms with Gasteiger partial charge < -0.3 is 14.8 Å². The lowest BCUT2D eigenvalue weighted by molar-refractivity contribution is 0.0472. The Bertz CT molecular complexity index is 597. The molecule has 0 aliphatic heterocycles. The Labute approximate surface area is 147 Å². The number of hydrogen-bond donors (Lipinski definition) is 1.